The van der Waals surface area contributed by atoms with Gasteiger partial charge in [-0.3, -0.25) is 5.32 Å². The second-order valence-electron chi connectivity index (χ2n) is 4.53. The highest BCUT2D eigenvalue weighted by Crippen LogP contribution is 2.42. The van der Waals surface area contributed by atoms with Gasteiger partial charge >= 0.3 is 0 Å². The Kier molecular flexibility index (Phi) is 4.23. The number of hydrogen-bond acceptors (Lipinski definition) is 3. The molecule has 4 heteroatoms. The van der Waals surface area contributed by atoms with Gasteiger partial charge in [0.1, 0.15) is 5.78 Å². The largest absolute Gasteiger partial charge is 0.349 e. The Morgan fingerprint density at radius 1 is 1.13 bits per heavy atom. The summed E-state index contributed by atoms with van der Waals surface area (Å²) in [5.41, 5.74) is 0.760. The first-order chi connectivity index (χ1) is 6.90. The Balaban J connectivity index is 2.85. The Bertz CT molecular complexity index is 295. The zero-order valence-electron chi connectivity index (χ0n) is 9.31. The molecule has 0 heterocycles. The Morgan fingerprint density at radius 3 is 2.07 bits per heavy atom. The summed E-state index contributed by atoms with van der Waals surface area (Å²) in [5.74, 6) is -0.388. The second kappa shape index (κ2) is 5.04. The molecule has 1 rings (SSSR count). The van der Waals surface area contributed by atoms with E-state index in [0.29, 0.717) is 0 Å². The van der Waals surface area contributed by atoms with Crippen LogP contribution in [-0.2, 0) is 0 Å². The Hall–Kier alpha value is -0.470. The molecule has 0 aromatic heterocycles. The van der Waals surface area contributed by atoms with Crippen molar-refractivity contribution >= 4 is 8.38 Å². The molecule has 1 aromatic carbocycles. The summed E-state index contributed by atoms with van der Waals surface area (Å²) in [7, 11) is -2.02. The summed E-state index contributed by atoms with van der Waals surface area (Å²) >= 11 is 0. The maximum absolute atomic E-state index is 9.39. The van der Waals surface area contributed by atoms with Crippen molar-refractivity contribution in [2.75, 3.05) is 0 Å². The van der Waals surface area contributed by atoms with E-state index in [2.05, 4.69) is 5.32 Å². The average molecular weight is 227 g/mol. The van der Waals surface area contributed by atoms with Gasteiger partial charge in [-0.2, -0.15) is 0 Å². The van der Waals surface area contributed by atoms with Crippen LogP contribution in [-0.4, -0.2) is 15.3 Å². The van der Waals surface area contributed by atoms with Crippen molar-refractivity contribution in [3.63, 3.8) is 0 Å². The minimum atomic E-state index is -2.02. The van der Waals surface area contributed by atoms with Crippen LogP contribution >= 0.6 is 8.38 Å². The second-order valence-corrected chi connectivity index (χ2v) is 5.69. The lowest BCUT2D eigenvalue weighted by Crippen LogP contribution is -2.38. The number of hydrogen-bond donors (Lipinski definition) is 3. The van der Waals surface area contributed by atoms with Crippen LogP contribution in [0.4, 0.5) is 0 Å². The van der Waals surface area contributed by atoms with Crippen LogP contribution in [0.2, 0.25) is 0 Å². The van der Waals surface area contributed by atoms with Gasteiger partial charge in [0.15, 0.2) is 8.38 Å². The quantitative estimate of drug-likeness (QED) is 0.695. The Morgan fingerprint density at radius 2 is 1.67 bits per heavy atom. The smallest absolute Gasteiger partial charge is 0.188 e. The molecule has 0 aliphatic carbocycles. The zero-order chi connectivity index (χ0) is 11.5. The molecule has 0 aliphatic heterocycles. The molecule has 0 aliphatic rings. The summed E-state index contributed by atoms with van der Waals surface area (Å²) in [4.78, 5) is 18.8. The minimum Gasteiger partial charge on any atom is -0.349 e. The molecule has 0 fully saturated rings. The molecule has 0 saturated heterocycles. The molecule has 1 atom stereocenters. The zero-order valence-corrected chi connectivity index (χ0v) is 10.2. The number of rotatable bonds is 3. The van der Waals surface area contributed by atoms with Gasteiger partial charge in [-0.1, -0.05) is 30.3 Å². The molecule has 0 amide bonds. The van der Waals surface area contributed by atoms with Crippen LogP contribution in [0.25, 0.3) is 0 Å². The molecule has 3 nitrogen and oxygen atoms in total. The summed E-state index contributed by atoms with van der Waals surface area (Å²) in [5, 5.41) is 3.20. The third kappa shape index (κ3) is 4.27. The van der Waals surface area contributed by atoms with Gasteiger partial charge in [0, 0.05) is 5.54 Å². The lowest BCUT2D eigenvalue weighted by atomic mass is 10.1. The molecule has 1 unspecified atom stereocenters. The van der Waals surface area contributed by atoms with E-state index in [1.165, 1.54) is 0 Å². The predicted molar refractivity (Wildman–Crippen MR) is 63.4 cm³/mol. The molecule has 0 bridgehead atoms. The van der Waals surface area contributed by atoms with Crippen molar-refractivity contribution < 1.29 is 9.79 Å². The van der Waals surface area contributed by atoms with E-state index in [1.807, 2.05) is 51.1 Å². The summed E-state index contributed by atoms with van der Waals surface area (Å²) in [6.45, 7) is 6.01. The molecule has 1 aromatic rings. The maximum Gasteiger partial charge on any atom is 0.188 e. The van der Waals surface area contributed by atoms with Crippen LogP contribution in [0.1, 0.15) is 32.1 Å². The molecule has 0 saturated carbocycles. The summed E-state index contributed by atoms with van der Waals surface area (Å²) in [6, 6.07) is 9.49. The highest BCUT2D eigenvalue weighted by Gasteiger charge is 2.24. The van der Waals surface area contributed by atoms with E-state index < -0.39 is 8.38 Å². The monoisotopic (exact) mass is 227 g/mol. The Labute approximate surface area is 92.1 Å². The van der Waals surface area contributed by atoms with Gasteiger partial charge in [0.25, 0.3) is 0 Å². The van der Waals surface area contributed by atoms with E-state index in [1.54, 1.807) is 0 Å². The number of benzene rings is 1. The first-order valence-electron chi connectivity index (χ1n) is 4.90. The van der Waals surface area contributed by atoms with Gasteiger partial charge in [0.05, 0.1) is 0 Å². The third-order valence-electron chi connectivity index (χ3n) is 1.92. The van der Waals surface area contributed by atoms with Gasteiger partial charge in [-0.25, -0.2) is 0 Å². The van der Waals surface area contributed by atoms with Crippen LogP contribution in [0, 0.1) is 0 Å². The fourth-order valence-corrected chi connectivity index (χ4v) is 2.26. The van der Waals surface area contributed by atoms with E-state index in [0.717, 1.165) is 5.56 Å². The molecule has 0 radical (unpaired) electrons. The van der Waals surface area contributed by atoms with Gasteiger partial charge in [-0.15, -0.1) is 0 Å². The van der Waals surface area contributed by atoms with E-state index in [-0.39, 0.29) is 11.3 Å². The molecular formula is C11H18NO2P. The van der Waals surface area contributed by atoms with Crippen molar-refractivity contribution in [2.45, 2.75) is 32.1 Å². The number of nitrogens with one attached hydrogen (secondary N) is 1. The first kappa shape index (κ1) is 12.6. The standard InChI is InChI=1S/C11H18NO2P/c1-11(2,3)12-10(15(13)14)9-7-5-4-6-8-9/h4-8,10,12-14H,1-3H3. The lowest BCUT2D eigenvalue weighted by molar-refractivity contribution is 0.376. The summed E-state index contributed by atoms with van der Waals surface area (Å²) in [6.07, 6.45) is 0. The first-order valence-corrected chi connectivity index (χ1v) is 6.21. The maximum atomic E-state index is 9.39. The fraction of sp³-hybridized carbons (Fsp3) is 0.455. The van der Waals surface area contributed by atoms with Crippen molar-refractivity contribution in [2.24, 2.45) is 0 Å². The highest BCUT2D eigenvalue weighted by molar-refractivity contribution is 7.45. The lowest BCUT2D eigenvalue weighted by Gasteiger charge is -2.29. The molecule has 0 spiro atoms. The van der Waals surface area contributed by atoms with Crippen LogP contribution in [0.15, 0.2) is 30.3 Å². The molecular weight excluding hydrogens is 209 g/mol. The topological polar surface area (TPSA) is 52.5 Å². The molecule has 15 heavy (non-hydrogen) atoms. The van der Waals surface area contributed by atoms with E-state index in [4.69, 9.17) is 0 Å². The van der Waals surface area contributed by atoms with Crippen molar-refractivity contribution in [3.8, 4) is 0 Å². The van der Waals surface area contributed by atoms with E-state index in [9.17, 15) is 9.79 Å². The molecule has 3 N–H and O–H groups in total. The van der Waals surface area contributed by atoms with Gasteiger partial charge in [0.2, 0.25) is 0 Å². The minimum absolute atomic E-state index is 0.146. The normalized spacial score (nSPS) is 14.3. The summed E-state index contributed by atoms with van der Waals surface area (Å²) < 4.78 is 0. The van der Waals surface area contributed by atoms with Gasteiger partial charge < -0.3 is 9.79 Å². The highest BCUT2D eigenvalue weighted by atomic mass is 31.2. The van der Waals surface area contributed by atoms with Crippen molar-refractivity contribution in [1.82, 2.24) is 5.32 Å². The van der Waals surface area contributed by atoms with Crippen LogP contribution in [0.3, 0.4) is 0 Å². The van der Waals surface area contributed by atoms with Crippen molar-refractivity contribution in [1.29, 1.82) is 0 Å². The third-order valence-corrected chi connectivity index (χ3v) is 2.81. The van der Waals surface area contributed by atoms with Crippen LogP contribution < -0.4 is 5.32 Å². The molecule has 84 valence electrons. The van der Waals surface area contributed by atoms with E-state index >= 15 is 0 Å². The fourth-order valence-electron chi connectivity index (χ4n) is 1.32. The SMILES string of the molecule is CC(C)(C)NC(c1ccccc1)P(O)O. The van der Waals surface area contributed by atoms with Crippen molar-refractivity contribution in [3.05, 3.63) is 35.9 Å². The van der Waals surface area contributed by atoms with Gasteiger partial charge in [-0.05, 0) is 26.3 Å². The van der Waals surface area contributed by atoms with Crippen LogP contribution in [0.5, 0.6) is 0 Å². The average Bonchev–Trinajstić information content (AvgIpc) is 2.14. The predicted octanol–water partition coefficient (Wildman–Crippen LogP) is 2.37.